The van der Waals surface area contributed by atoms with Gasteiger partial charge >= 0.3 is 0 Å². The number of amides is 1. The molecule has 1 rings (SSSR count). The molecule has 1 saturated heterocycles. The largest absolute Gasteiger partial charge is 0.409 e. The highest BCUT2D eigenvalue weighted by atomic mass is 16.5. The van der Waals surface area contributed by atoms with E-state index < -0.39 is 5.54 Å². The summed E-state index contributed by atoms with van der Waals surface area (Å²) in [5, 5.41) is 14.8. The highest BCUT2D eigenvalue weighted by Crippen LogP contribution is 2.22. The molecular formula is C12H23N3O3. The first-order valence-electron chi connectivity index (χ1n) is 6.40. The predicted octanol–water partition coefficient (Wildman–Crippen LogP) is 0.833. The summed E-state index contributed by atoms with van der Waals surface area (Å²) in [6.07, 6.45) is 1.98. The van der Waals surface area contributed by atoms with Crippen molar-refractivity contribution in [2.45, 2.75) is 51.7 Å². The summed E-state index contributed by atoms with van der Waals surface area (Å²) in [7, 11) is 0. The Bertz CT molecular complexity index is 327. The molecule has 6 nitrogen and oxygen atoms in total. The Morgan fingerprint density at radius 3 is 2.56 bits per heavy atom. The third-order valence-corrected chi connectivity index (χ3v) is 3.74. The molecule has 0 aliphatic carbocycles. The van der Waals surface area contributed by atoms with Crippen LogP contribution in [0.4, 0.5) is 0 Å². The lowest BCUT2D eigenvalue weighted by molar-refractivity contribution is -0.126. The third-order valence-electron chi connectivity index (χ3n) is 3.74. The van der Waals surface area contributed by atoms with E-state index in [4.69, 9.17) is 15.7 Å². The first kappa shape index (κ1) is 14.8. The van der Waals surface area contributed by atoms with Crippen LogP contribution in [0.2, 0.25) is 0 Å². The maximum atomic E-state index is 12.2. The van der Waals surface area contributed by atoms with Gasteiger partial charge in [0.05, 0.1) is 18.6 Å². The lowest BCUT2D eigenvalue weighted by Crippen LogP contribution is -2.58. The van der Waals surface area contributed by atoms with E-state index in [9.17, 15) is 4.79 Å². The van der Waals surface area contributed by atoms with Gasteiger partial charge in [0.25, 0.3) is 0 Å². The molecule has 0 aromatic rings. The Kier molecular flexibility index (Phi) is 4.95. The number of nitrogens with zero attached hydrogens (tertiary/aromatic N) is 1. The molecule has 18 heavy (non-hydrogen) atoms. The van der Waals surface area contributed by atoms with Crippen LogP contribution in [0.1, 0.15) is 40.0 Å². The van der Waals surface area contributed by atoms with Gasteiger partial charge in [-0.1, -0.05) is 19.0 Å². The minimum atomic E-state index is -0.766. The summed E-state index contributed by atoms with van der Waals surface area (Å²) < 4.78 is 5.38. The minimum Gasteiger partial charge on any atom is -0.409 e. The highest BCUT2D eigenvalue weighted by molar-refractivity contribution is 5.94. The summed E-state index contributed by atoms with van der Waals surface area (Å²) >= 11 is 0. The molecule has 0 aromatic carbocycles. The van der Waals surface area contributed by atoms with Crippen molar-refractivity contribution in [3.8, 4) is 0 Å². The second kappa shape index (κ2) is 6.04. The molecule has 1 amide bonds. The average molecular weight is 257 g/mol. The Morgan fingerprint density at radius 1 is 1.56 bits per heavy atom. The molecule has 1 aliphatic heterocycles. The van der Waals surface area contributed by atoms with Crippen LogP contribution in [0.25, 0.3) is 0 Å². The first-order valence-corrected chi connectivity index (χ1v) is 6.40. The van der Waals surface area contributed by atoms with Crippen molar-refractivity contribution >= 4 is 11.7 Å². The molecule has 0 spiro atoms. The molecule has 0 saturated carbocycles. The number of ether oxygens (including phenoxy) is 1. The summed E-state index contributed by atoms with van der Waals surface area (Å²) in [6, 6.07) is 0. The number of amidine groups is 1. The molecule has 1 heterocycles. The predicted molar refractivity (Wildman–Crippen MR) is 68.4 cm³/mol. The Morgan fingerprint density at radius 2 is 2.17 bits per heavy atom. The molecular weight excluding hydrogens is 234 g/mol. The number of nitrogens with two attached hydrogens (primary N) is 1. The van der Waals surface area contributed by atoms with Crippen molar-refractivity contribution in [1.29, 1.82) is 0 Å². The van der Waals surface area contributed by atoms with E-state index in [-0.39, 0.29) is 23.8 Å². The molecule has 6 heteroatoms. The van der Waals surface area contributed by atoms with Gasteiger partial charge in [-0.2, -0.15) is 0 Å². The van der Waals surface area contributed by atoms with Gasteiger partial charge in [0, 0.05) is 0 Å². The lowest BCUT2D eigenvalue weighted by atomic mass is 9.90. The number of carbonyl (C=O) groups excluding carboxylic acids is 1. The molecule has 1 aliphatic rings. The summed E-state index contributed by atoms with van der Waals surface area (Å²) in [4.78, 5) is 12.2. The SMILES string of the molecule is CCC(CC)(NC(=O)C1COC(C)C1)C(N)=NO. The summed E-state index contributed by atoms with van der Waals surface area (Å²) in [6.45, 7) is 6.18. The van der Waals surface area contributed by atoms with Crippen molar-refractivity contribution in [2.75, 3.05) is 6.61 Å². The van der Waals surface area contributed by atoms with Crippen LogP contribution >= 0.6 is 0 Å². The van der Waals surface area contributed by atoms with Gasteiger partial charge < -0.3 is 21.0 Å². The standard InChI is InChI=1S/C12H23N3O3/c1-4-12(5-2,11(13)15-17)14-10(16)9-6-8(3)18-7-9/h8-9,17H,4-7H2,1-3H3,(H2,13,15)(H,14,16). The number of rotatable bonds is 5. The zero-order chi connectivity index (χ0) is 13.8. The number of nitrogens with one attached hydrogen (secondary N) is 1. The van der Waals surface area contributed by atoms with E-state index in [1.165, 1.54) is 0 Å². The van der Waals surface area contributed by atoms with Crippen molar-refractivity contribution < 1.29 is 14.7 Å². The van der Waals surface area contributed by atoms with E-state index in [2.05, 4.69) is 10.5 Å². The number of oxime groups is 1. The van der Waals surface area contributed by atoms with Crippen LogP contribution in [0.3, 0.4) is 0 Å². The van der Waals surface area contributed by atoms with Crippen LogP contribution in [-0.4, -0.2) is 35.2 Å². The fourth-order valence-corrected chi connectivity index (χ4v) is 2.29. The van der Waals surface area contributed by atoms with Crippen LogP contribution in [0.5, 0.6) is 0 Å². The molecule has 1 fully saturated rings. The summed E-state index contributed by atoms with van der Waals surface area (Å²) in [5.41, 5.74) is 4.94. The molecule has 0 radical (unpaired) electrons. The first-order chi connectivity index (χ1) is 8.49. The monoisotopic (exact) mass is 257 g/mol. The maximum Gasteiger partial charge on any atom is 0.226 e. The zero-order valence-electron chi connectivity index (χ0n) is 11.3. The third kappa shape index (κ3) is 2.93. The quantitative estimate of drug-likeness (QED) is 0.294. The molecule has 0 bridgehead atoms. The fraction of sp³-hybridized carbons (Fsp3) is 0.833. The lowest BCUT2D eigenvalue weighted by Gasteiger charge is -2.32. The molecule has 104 valence electrons. The van der Waals surface area contributed by atoms with E-state index in [0.717, 1.165) is 0 Å². The van der Waals surface area contributed by atoms with E-state index in [1.54, 1.807) is 0 Å². The second-order valence-electron chi connectivity index (χ2n) is 4.84. The number of hydrogen-bond donors (Lipinski definition) is 3. The second-order valence-corrected chi connectivity index (χ2v) is 4.84. The molecule has 4 N–H and O–H groups in total. The highest BCUT2D eigenvalue weighted by Gasteiger charge is 2.37. The molecule has 2 unspecified atom stereocenters. The van der Waals surface area contributed by atoms with Crippen molar-refractivity contribution in [1.82, 2.24) is 5.32 Å². The maximum absolute atomic E-state index is 12.2. The van der Waals surface area contributed by atoms with Gasteiger partial charge in [0.15, 0.2) is 5.84 Å². The van der Waals surface area contributed by atoms with Gasteiger partial charge in [0.1, 0.15) is 5.54 Å². The van der Waals surface area contributed by atoms with Crippen molar-refractivity contribution in [3.63, 3.8) is 0 Å². The van der Waals surface area contributed by atoms with Crippen LogP contribution in [0.15, 0.2) is 5.16 Å². The van der Waals surface area contributed by atoms with Crippen LogP contribution in [0, 0.1) is 5.92 Å². The molecule has 0 aromatic heterocycles. The van der Waals surface area contributed by atoms with Crippen molar-refractivity contribution in [2.24, 2.45) is 16.8 Å². The topological polar surface area (TPSA) is 96.9 Å². The van der Waals surface area contributed by atoms with Gasteiger partial charge in [-0.15, -0.1) is 0 Å². The number of carbonyl (C=O) groups is 1. The Hall–Kier alpha value is -1.30. The zero-order valence-corrected chi connectivity index (χ0v) is 11.3. The van der Waals surface area contributed by atoms with Gasteiger partial charge in [-0.25, -0.2) is 0 Å². The van der Waals surface area contributed by atoms with E-state index in [0.29, 0.717) is 25.9 Å². The van der Waals surface area contributed by atoms with Gasteiger partial charge in [-0.05, 0) is 26.2 Å². The minimum absolute atomic E-state index is 0.0489. The normalized spacial score (nSPS) is 25.2. The Labute approximate surface area is 108 Å². The summed E-state index contributed by atoms with van der Waals surface area (Å²) in [5.74, 6) is -0.188. The number of hydrogen-bond acceptors (Lipinski definition) is 4. The van der Waals surface area contributed by atoms with Crippen LogP contribution in [-0.2, 0) is 9.53 Å². The smallest absolute Gasteiger partial charge is 0.226 e. The van der Waals surface area contributed by atoms with Gasteiger partial charge in [-0.3, -0.25) is 4.79 Å². The fourth-order valence-electron chi connectivity index (χ4n) is 2.29. The van der Waals surface area contributed by atoms with Gasteiger partial charge in [0.2, 0.25) is 5.91 Å². The van der Waals surface area contributed by atoms with Crippen LogP contribution < -0.4 is 11.1 Å². The van der Waals surface area contributed by atoms with E-state index >= 15 is 0 Å². The Balaban J connectivity index is 2.75. The molecule has 2 atom stereocenters. The van der Waals surface area contributed by atoms with Crippen molar-refractivity contribution in [3.05, 3.63) is 0 Å². The average Bonchev–Trinajstić information content (AvgIpc) is 2.81. The van der Waals surface area contributed by atoms with E-state index in [1.807, 2.05) is 20.8 Å².